The van der Waals surface area contributed by atoms with E-state index in [4.69, 9.17) is 11.5 Å². The maximum absolute atomic E-state index is 12.9. The van der Waals surface area contributed by atoms with Crippen LogP contribution in [-0.4, -0.2) is 19.1 Å². The number of benzene rings is 1. The molecule has 1 rings (SSSR count). The average Bonchev–Trinajstić information content (AvgIpc) is 2.46. The molecule has 126 valence electrons. The van der Waals surface area contributed by atoms with E-state index in [0.29, 0.717) is 18.5 Å². The minimum atomic E-state index is -4.40. The van der Waals surface area contributed by atoms with Crippen molar-refractivity contribution < 1.29 is 13.2 Å². The van der Waals surface area contributed by atoms with Crippen LogP contribution in [0.4, 0.5) is 18.9 Å². The molecule has 1 aromatic carbocycles. The van der Waals surface area contributed by atoms with Crippen molar-refractivity contribution >= 4 is 5.69 Å². The zero-order valence-corrected chi connectivity index (χ0v) is 13.0. The van der Waals surface area contributed by atoms with Crippen LogP contribution in [0, 0.1) is 0 Å². The zero-order valence-electron chi connectivity index (χ0n) is 13.0. The third kappa shape index (κ3) is 6.23. The van der Waals surface area contributed by atoms with Crippen molar-refractivity contribution in [2.45, 2.75) is 51.2 Å². The Balaban J connectivity index is 2.68. The highest BCUT2D eigenvalue weighted by molar-refractivity contribution is 5.50. The Morgan fingerprint density at radius 3 is 2.55 bits per heavy atom. The third-order valence-corrected chi connectivity index (χ3v) is 3.64. The van der Waals surface area contributed by atoms with E-state index in [9.17, 15) is 13.2 Å². The molecule has 0 aliphatic rings. The van der Waals surface area contributed by atoms with Gasteiger partial charge >= 0.3 is 6.18 Å². The van der Waals surface area contributed by atoms with Gasteiger partial charge in [-0.15, -0.1) is 0 Å². The quantitative estimate of drug-likeness (QED) is 0.612. The fraction of sp³-hybridized carbons (Fsp3) is 0.625. The van der Waals surface area contributed by atoms with Gasteiger partial charge in [0.1, 0.15) is 0 Å². The maximum atomic E-state index is 12.9. The summed E-state index contributed by atoms with van der Waals surface area (Å²) in [5.74, 6) is 0. The van der Waals surface area contributed by atoms with Gasteiger partial charge in [0.25, 0.3) is 0 Å². The van der Waals surface area contributed by atoms with E-state index < -0.39 is 11.7 Å². The van der Waals surface area contributed by atoms with Crippen molar-refractivity contribution in [3.63, 3.8) is 0 Å². The number of rotatable bonds is 9. The molecule has 0 fully saturated rings. The fourth-order valence-electron chi connectivity index (χ4n) is 2.41. The second kappa shape index (κ2) is 9.00. The lowest BCUT2D eigenvalue weighted by Crippen LogP contribution is -2.30. The summed E-state index contributed by atoms with van der Waals surface area (Å²) in [7, 11) is 0. The van der Waals surface area contributed by atoms with E-state index in [1.807, 2.05) is 0 Å². The maximum Gasteiger partial charge on any atom is 0.418 e. The molecule has 0 aliphatic heterocycles. The van der Waals surface area contributed by atoms with Gasteiger partial charge in [-0.25, -0.2) is 0 Å². The first-order valence-corrected chi connectivity index (χ1v) is 7.77. The van der Waals surface area contributed by atoms with Crippen LogP contribution in [0.1, 0.15) is 43.7 Å². The Kier molecular flexibility index (Phi) is 7.68. The first-order chi connectivity index (χ1) is 10.4. The fourth-order valence-corrected chi connectivity index (χ4v) is 2.41. The van der Waals surface area contributed by atoms with Crippen molar-refractivity contribution in [2.24, 2.45) is 5.73 Å². The van der Waals surface area contributed by atoms with E-state index in [2.05, 4.69) is 12.2 Å². The van der Waals surface area contributed by atoms with E-state index in [0.717, 1.165) is 38.3 Å². The second-order valence-corrected chi connectivity index (χ2v) is 5.54. The van der Waals surface area contributed by atoms with Crippen LogP contribution in [0.3, 0.4) is 0 Å². The molecule has 1 aromatic rings. The monoisotopic (exact) mass is 317 g/mol. The van der Waals surface area contributed by atoms with Crippen molar-refractivity contribution in [3.05, 3.63) is 29.3 Å². The molecule has 0 aliphatic carbocycles. The van der Waals surface area contributed by atoms with Crippen molar-refractivity contribution in [1.82, 2.24) is 5.32 Å². The van der Waals surface area contributed by atoms with Crippen LogP contribution < -0.4 is 16.8 Å². The van der Waals surface area contributed by atoms with Crippen LogP contribution in [0.15, 0.2) is 18.2 Å². The van der Waals surface area contributed by atoms with Gasteiger partial charge in [0.05, 0.1) is 5.56 Å². The largest absolute Gasteiger partial charge is 0.418 e. The molecule has 0 saturated heterocycles. The highest BCUT2D eigenvalue weighted by Gasteiger charge is 2.33. The molecule has 5 N–H and O–H groups in total. The predicted octanol–water partition coefficient (Wildman–Crippen LogP) is 3.33. The molecule has 0 aromatic heterocycles. The van der Waals surface area contributed by atoms with Gasteiger partial charge < -0.3 is 16.8 Å². The van der Waals surface area contributed by atoms with Gasteiger partial charge in [0, 0.05) is 11.7 Å². The topological polar surface area (TPSA) is 64.1 Å². The summed E-state index contributed by atoms with van der Waals surface area (Å²) in [5.41, 5.74) is 10.6. The molecule has 0 saturated carbocycles. The summed E-state index contributed by atoms with van der Waals surface area (Å²) in [4.78, 5) is 0. The summed E-state index contributed by atoms with van der Waals surface area (Å²) in [6.07, 6.45) is -0.135. The van der Waals surface area contributed by atoms with Gasteiger partial charge in [-0.3, -0.25) is 0 Å². The highest BCUT2D eigenvalue weighted by Crippen LogP contribution is 2.34. The molecule has 1 atom stereocenters. The number of nitrogens with two attached hydrogens (primary N) is 2. The number of alkyl halides is 3. The van der Waals surface area contributed by atoms with Crippen molar-refractivity contribution in [1.29, 1.82) is 0 Å². The second-order valence-electron chi connectivity index (χ2n) is 5.54. The smallest absolute Gasteiger partial charge is 0.398 e. The molecule has 1 unspecified atom stereocenters. The molecule has 0 amide bonds. The number of aryl methyl sites for hydroxylation is 1. The first kappa shape index (κ1) is 18.8. The van der Waals surface area contributed by atoms with E-state index in [1.54, 1.807) is 6.07 Å². The SMILES string of the molecule is CCCNC(CCCN)CCc1ccc(N)c(C(F)(F)F)c1. The first-order valence-electron chi connectivity index (χ1n) is 7.77. The Labute approximate surface area is 130 Å². The van der Waals surface area contributed by atoms with Gasteiger partial charge in [-0.05, 0) is 62.9 Å². The lowest BCUT2D eigenvalue weighted by atomic mass is 9.99. The molecule has 0 spiro atoms. The Hall–Kier alpha value is -1.27. The normalized spacial score (nSPS) is 13.3. The van der Waals surface area contributed by atoms with Crippen molar-refractivity contribution in [2.75, 3.05) is 18.8 Å². The van der Waals surface area contributed by atoms with Crippen molar-refractivity contribution in [3.8, 4) is 0 Å². The Bertz CT molecular complexity index is 439. The van der Waals surface area contributed by atoms with Gasteiger partial charge in [-0.1, -0.05) is 13.0 Å². The van der Waals surface area contributed by atoms with Gasteiger partial charge in [0.2, 0.25) is 0 Å². The molecule has 3 nitrogen and oxygen atoms in total. The minimum absolute atomic E-state index is 0.222. The number of nitrogen functional groups attached to an aromatic ring is 1. The zero-order chi connectivity index (χ0) is 16.6. The lowest BCUT2D eigenvalue weighted by molar-refractivity contribution is -0.136. The summed E-state index contributed by atoms with van der Waals surface area (Å²) >= 11 is 0. The predicted molar refractivity (Wildman–Crippen MR) is 84.5 cm³/mol. The summed E-state index contributed by atoms with van der Waals surface area (Å²) < 4.78 is 38.6. The van der Waals surface area contributed by atoms with Crippen LogP contribution in [-0.2, 0) is 12.6 Å². The average molecular weight is 317 g/mol. The molecule has 0 bridgehead atoms. The van der Waals surface area contributed by atoms with Crippen LogP contribution in [0.2, 0.25) is 0 Å². The molecule has 0 radical (unpaired) electrons. The number of nitrogens with one attached hydrogen (secondary N) is 1. The number of halogens is 3. The third-order valence-electron chi connectivity index (χ3n) is 3.64. The van der Waals surface area contributed by atoms with E-state index in [1.165, 1.54) is 6.07 Å². The standard InChI is InChI=1S/C16H26F3N3/c1-2-10-22-13(4-3-9-20)7-5-12-6-8-15(21)14(11-12)16(17,18)19/h6,8,11,13,22H,2-5,7,9-10,20-21H2,1H3. The number of hydrogen-bond acceptors (Lipinski definition) is 3. The molecule has 6 heteroatoms. The Morgan fingerprint density at radius 2 is 1.95 bits per heavy atom. The van der Waals surface area contributed by atoms with Gasteiger partial charge in [-0.2, -0.15) is 13.2 Å². The van der Waals surface area contributed by atoms with E-state index >= 15 is 0 Å². The van der Waals surface area contributed by atoms with Gasteiger partial charge in [0.15, 0.2) is 0 Å². The molecule has 22 heavy (non-hydrogen) atoms. The molecular formula is C16H26F3N3. The highest BCUT2D eigenvalue weighted by atomic mass is 19.4. The summed E-state index contributed by atoms with van der Waals surface area (Å²) in [6, 6.07) is 4.46. The molecular weight excluding hydrogens is 291 g/mol. The summed E-state index contributed by atoms with van der Waals surface area (Å²) in [5, 5.41) is 3.43. The number of hydrogen-bond donors (Lipinski definition) is 3. The number of anilines is 1. The van der Waals surface area contributed by atoms with Crippen LogP contribution >= 0.6 is 0 Å². The van der Waals surface area contributed by atoms with Crippen LogP contribution in [0.5, 0.6) is 0 Å². The lowest BCUT2D eigenvalue weighted by Gasteiger charge is -2.19. The molecule has 0 heterocycles. The summed E-state index contributed by atoms with van der Waals surface area (Å²) in [6.45, 7) is 3.62. The Morgan fingerprint density at radius 1 is 1.23 bits per heavy atom. The van der Waals surface area contributed by atoms with Crippen LogP contribution in [0.25, 0.3) is 0 Å². The minimum Gasteiger partial charge on any atom is -0.398 e. The van der Waals surface area contributed by atoms with E-state index in [-0.39, 0.29) is 11.7 Å².